The molecule has 0 amide bonds. The molecule has 0 aliphatic carbocycles. The van der Waals surface area contributed by atoms with Crippen LogP contribution in [0.1, 0.15) is 13.8 Å². The van der Waals surface area contributed by atoms with Gasteiger partial charge in [0.05, 0.1) is 29.4 Å². The number of halogens is 1. The van der Waals surface area contributed by atoms with Crippen LogP contribution < -0.4 is 15.1 Å². The Morgan fingerprint density at radius 3 is 2.52 bits per heavy atom. The summed E-state index contributed by atoms with van der Waals surface area (Å²) in [6, 6.07) is 2.94. The summed E-state index contributed by atoms with van der Waals surface area (Å²) in [5.41, 5.74) is 0.553. The maximum atomic E-state index is 14.8. The van der Waals surface area contributed by atoms with Gasteiger partial charge in [-0.25, -0.2) is 9.18 Å². The van der Waals surface area contributed by atoms with E-state index in [2.05, 4.69) is 4.90 Å². The molecule has 2 aromatic rings. The zero-order chi connectivity index (χ0) is 19.6. The van der Waals surface area contributed by atoms with Gasteiger partial charge in [0.2, 0.25) is 5.43 Å². The molecule has 8 heteroatoms. The first-order valence-corrected chi connectivity index (χ1v) is 9.09. The van der Waals surface area contributed by atoms with Gasteiger partial charge < -0.3 is 23.8 Å². The van der Waals surface area contributed by atoms with Crippen LogP contribution in [0.3, 0.4) is 0 Å². The van der Waals surface area contributed by atoms with Crippen molar-refractivity contribution in [3.8, 4) is 5.75 Å². The second kappa shape index (κ2) is 7.96. The van der Waals surface area contributed by atoms with E-state index in [1.165, 1.54) is 12.3 Å². The second-order valence-corrected chi connectivity index (χ2v) is 6.50. The number of nitrogens with zero attached hydrogens (tertiary/aromatic N) is 3. The molecule has 0 unspecified atom stereocenters. The number of aromatic nitrogens is 1. The van der Waals surface area contributed by atoms with Crippen LogP contribution in [-0.2, 0) is 11.3 Å². The maximum absolute atomic E-state index is 14.8. The van der Waals surface area contributed by atoms with Crippen LogP contribution in [0.15, 0.2) is 23.1 Å². The van der Waals surface area contributed by atoms with Crippen LogP contribution in [-0.4, -0.2) is 55.5 Å². The fraction of sp³-hybridized carbons (Fsp3) is 0.474. The molecule has 1 aliphatic heterocycles. The number of rotatable bonds is 4. The van der Waals surface area contributed by atoms with E-state index in [-0.39, 0.29) is 17.7 Å². The number of aryl methyl sites for hydroxylation is 1. The number of likely N-dealkylation sites (N-methyl/N-ethyl adjacent to an activating group) is 1. The van der Waals surface area contributed by atoms with E-state index < -0.39 is 17.4 Å². The fourth-order valence-electron chi connectivity index (χ4n) is 3.23. The van der Waals surface area contributed by atoms with Crippen molar-refractivity contribution in [2.24, 2.45) is 0 Å². The average Bonchev–Trinajstić information content (AvgIpc) is 2.65. The summed E-state index contributed by atoms with van der Waals surface area (Å²) < 4.78 is 26.3. The van der Waals surface area contributed by atoms with E-state index in [1.54, 1.807) is 17.6 Å². The molecule has 0 spiro atoms. The number of carbonyl (C=O) groups is 1. The third-order valence-corrected chi connectivity index (χ3v) is 4.76. The van der Waals surface area contributed by atoms with Crippen molar-refractivity contribution < 1.29 is 18.7 Å². The monoisotopic (exact) mass is 377 g/mol. The first kappa shape index (κ1) is 19.2. The predicted octanol–water partition coefficient (Wildman–Crippen LogP) is 2.45. The Bertz CT molecular complexity index is 904. The molecular weight excluding hydrogens is 353 g/mol. The van der Waals surface area contributed by atoms with Crippen molar-refractivity contribution in [3.63, 3.8) is 0 Å². The minimum atomic E-state index is -0.953. The molecule has 7 nitrogen and oxygen atoms in total. The number of hydrogen-bond acceptors (Lipinski definition) is 6. The lowest BCUT2D eigenvalue weighted by molar-refractivity contribution is 0.104. The molecule has 146 valence electrons. The van der Waals surface area contributed by atoms with Crippen molar-refractivity contribution >= 4 is 22.7 Å². The minimum Gasteiger partial charge on any atom is -0.434 e. The second-order valence-electron chi connectivity index (χ2n) is 6.50. The zero-order valence-electron chi connectivity index (χ0n) is 15.8. The molecule has 3 rings (SSSR count). The summed E-state index contributed by atoms with van der Waals surface area (Å²) in [4.78, 5) is 28.4. The van der Waals surface area contributed by atoms with Crippen LogP contribution in [0.2, 0.25) is 0 Å². The van der Waals surface area contributed by atoms with Crippen molar-refractivity contribution in [1.82, 2.24) is 9.47 Å². The maximum Gasteiger partial charge on any atom is 0.514 e. The van der Waals surface area contributed by atoms with Gasteiger partial charge in [-0.15, -0.1) is 0 Å². The summed E-state index contributed by atoms with van der Waals surface area (Å²) in [6.07, 6.45) is 0.513. The Hall–Kier alpha value is -2.61. The van der Waals surface area contributed by atoms with Crippen molar-refractivity contribution in [1.29, 1.82) is 0 Å². The highest BCUT2D eigenvalue weighted by Crippen LogP contribution is 2.27. The first-order chi connectivity index (χ1) is 12.9. The molecule has 0 atom stereocenters. The van der Waals surface area contributed by atoms with E-state index in [0.717, 1.165) is 26.2 Å². The topological polar surface area (TPSA) is 64.0 Å². The standard InChI is InChI=1S/C19H24FN3O4/c1-4-22-12-17(27-19(25)26-5-2)18(24)13-10-14(20)16(11-15(13)22)23-8-6-21(3)7-9-23/h10-12H,4-9H2,1-3H3. The number of benzene rings is 1. The highest BCUT2D eigenvalue weighted by Gasteiger charge is 2.21. The van der Waals surface area contributed by atoms with Gasteiger partial charge >= 0.3 is 6.16 Å². The van der Waals surface area contributed by atoms with Crippen molar-refractivity contribution in [2.45, 2.75) is 20.4 Å². The van der Waals surface area contributed by atoms with Gasteiger partial charge in [0.15, 0.2) is 5.75 Å². The van der Waals surface area contributed by atoms with Crippen LogP contribution in [0.25, 0.3) is 10.9 Å². The number of ether oxygens (including phenoxy) is 2. The summed E-state index contributed by atoms with van der Waals surface area (Å²) in [5, 5.41) is 0.175. The smallest absolute Gasteiger partial charge is 0.434 e. The first-order valence-electron chi connectivity index (χ1n) is 9.09. The number of anilines is 1. The number of fused-ring (bicyclic) bond motifs is 1. The molecule has 27 heavy (non-hydrogen) atoms. The molecule has 1 aliphatic rings. The van der Waals surface area contributed by atoms with Crippen molar-refractivity contribution in [3.05, 3.63) is 34.4 Å². The third-order valence-electron chi connectivity index (χ3n) is 4.76. The Kier molecular flexibility index (Phi) is 5.65. The Balaban J connectivity index is 2.06. The molecule has 1 aromatic carbocycles. The molecule has 0 N–H and O–H groups in total. The molecule has 0 bridgehead atoms. The van der Waals surface area contributed by atoms with Crippen LogP contribution in [0, 0.1) is 5.82 Å². The van der Waals surface area contributed by atoms with E-state index in [9.17, 15) is 14.0 Å². The Morgan fingerprint density at radius 1 is 1.19 bits per heavy atom. The zero-order valence-corrected chi connectivity index (χ0v) is 15.8. The highest BCUT2D eigenvalue weighted by molar-refractivity contribution is 5.85. The van der Waals surface area contributed by atoms with Crippen LogP contribution >= 0.6 is 0 Å². The largest absolute Gasteiger partial charge is 0.514 e. The van der Waals surface area contributed by atoms with Gasteiger partial charge in [-0.3, -0.25) is 4.79 Å². The van der Waals surface area contributed by atoms with E-state index in [0.29, 0.717) is 17.7 Å². The van der Waals surface area contributed by atoms with Gasteiger partial charge in [-0.2, -0.15) is 0 Å². The quantitative estimate of drug-likeness (QED) is 0.763. The third kappa shape index (κ3) is 3.90. The summed E-state index contributed by atoms with van der Waals surface area (Å²) in [5.74, 6) is -0.630. The summed E-state index contributed by atoms with van der Waals surface area (Å²) in [7, 11) is 2.04. The predicted molar refractivity (Wildman–Crippen MR) is 101 cm³/mol. The van der Waals surface area contributed by atoms with Gasteiger partial charge in [0, 0.05) is 32.7 Å². The number of pyridine rings is 1. The Morgan fingerprint density at radius 2 is 1.89 bits per heavy atom. The lowest BCUT2D eigenvalue weighted by Gasteiger charge is -2.34. The number of carbonyl (C=O) groups excluding carboxylic acids is 1. The van der Waals surface area contributed by atoms with Gasteiger partial charge in [-0.1, -0.05) is 0 Å². The molecule has 0 radical (unpaired) electrons. The summed E-state index contributed by atoms with van der Waals surface area (Å²) >= 11 is 0. The minimum absolute atomic E-state index is 0.136. The van der Waals surface area contributed by atoms with Gasteiger partial charge in [0.1, 0.15) is 5.82 Å². The normalized spacial score (nSPS) is 15.2. The SMILES string of the molecule is CCOC(=O)Oc1cn(CC)c2cc(N3CCN(C)CC3)c(F)cc2c1=O. The number of hydrogen-bond donors (Lipinski definition) is 0. The Labute approximate surface area is 156 Å². The van der Waals surface area contributed by atoms with Crippen molar-refractivity contribution in [2.75, 3.05) is 44.7 Å². The molecular formula is C19H24FN3O4. The van der Waals surface area contributed by atoms with E-state index in [4.69, 9.17) is 9.47 Å². The fourth-order valence-corrected chi connectivity index (χ4v) is 3.23. The number of piperazine rings is 1. The summed E-state index contributed by atoms with van der Waals surface area (Å²) in [6.45, 7) is 7.35. The molecule has 2 heterocycles. The van der Waals surface area contributed by atoms with E-state index >= 15 is 0 Å². The average molecular weight is 377 g/mol. The van der Waals surface area contributed by atoms with Crippen LogP contribution in [0.4, 0.5) is 14.9 Å². The lowest BCUT2D eigenvalue weighted by atomic mass is 10.1. The lowest BCUT2D eigenvalue weighted by Crippen LogP contribution is -2.44. The highest BCUT2D eigenvalue weighted by atomic mass is 19.1. The van der Waals surface area contributed by atoms with E-state index in [1.807, 2.05) is 18.9 Å². The molecule has 1 aromatic heterocycles. The molecule has 1 fully saturated rings. The van der Waals surface area contributed by atoms with Gasteiger partial charge in [0.25, 0.3) is 0 Å². The van der Waals surface area contributed by atoms with Crippen LogP contribution in [0.5, 0.6) is 5.75 Å². The molecule has 1 saturated heterocycles. The van der Waals surface area contributed by atoms with Gasteiger partial charge in [-0.05, 0) is 33.0 Å². The molecule has 0 saturated carbocycles.